The average Bonchev–Trinajstić information content (AvgIpc) is 3.17. The van der Waals surface area contributed by atoms with Gasteiger partial charge in [-0.3, -0.25) is 29.1 Å². The largest absolute Gasteiger partial charge is 0.336 e. The Hall–Kier alpha value is -3.92. The van der Waals surface area contributed by atoms with E-state index in [1.165, 1.54) is 11.8 Å². The van der Waals surface area contributed by atoms with Gasteiger partial charge in [-0.2, -0.15) is 5.43 Å². The van der Waals surface area contributed by atoms with Gasteiger partial charge in [0, 0.05) is 37.1 Å². The summed E-state index contributed by atoms with van der Waals surface area (Å²) in [6, 6.07) is 14.5. The molecule has 2 aliphatic rings. The highest BCUT2D eigenvalue weighted by Crippen LogP contribution is 2.25. The highest BCUT2D eigenvalue weighted by molar-refractivity contribution is 6.35. The van der Waals surface area contributed by atoms with Crippen molar-refractivity contribution in [3.63, 3.8) is 0 Å². The number of carbonyl (C=O) groups is 4. The van der Waals surface area contributed by atoms with E-state index >= 15 is 0 Å². The SMILES string of the molecule is CC(=O)Nc1ccc(NC(=O)CN2NC3N(CCN3c3ccc(C)cc3)C(=O)C2=O)cc1. The second kappa shape index (κ2) is 8.67. The number of hydrogen-bond acceptors (Lipinski definition) is 6. The molecule has 2 aromatic rings. The summed E-state index contributed by atoms with van der Waals surface area (Å²) in [4.78, 5) is 52.2. The van der Waals surface area contributed by atoms with Gasteiger partial charge in [0.2, 0.25) is 11.8 Å². The maximum absolute atomic E-state index is 12.6. The smallest absolute Gasteiger partial charge is 0.326 e. The Kier molecular flexibility index (Phi) is 5.78. The van der Waals surface area contributed by atoms with Gasteiger partial charge in [0.25, 0.3) is 0 Å². The third kappa shape index (κ3) is 4.40. The molecule has 0 aromatic heterocycles. The number of hydrogen-bond donors (Lipinski definition) is 3. The van der Waals surface area contributed by atoms with Crippen LogP contribution in [0.15, 0.2) is 48.5 Å². The zero-order valence-corrected chi connectivity index (χ0v) is 17.8. The standard InChI is InChI=1S/C22H24N6O4/c1-14-3-9-18(10-4-14)26-11-12-27-20(31)21(32)28(25-22(26)27)13-19(30)24-17-7-5-16(6-8-17)23-15(2)29/h3-10,22,25H,11-13H2,1-2H3,(H,23,29)(H,24,30). The molecule has 32 heavy (non-hydrogen) atoms. The van der Waals surface area contributed by atoms with E-state index in [-0.39, 0.29) is 12.5 Å². The quantitative estimate of drug-likeness (QED) is 0.600. The molecule has 0 saturated carbocycles. The first kappa shape index (κ1) is 21.3. The molecule has 2 aromatic carbocycles. The van der Waals surface area contributed by atoms with Crippen LogP contribution in [0.25, 0.3) is 0 Å². The number of carbonyl (C=O) groups excluding carboxylic acids is 4. The minimum Gasteiger partial charge on any atom is -0.336 e. The van der Waals surface area contributed by atoms with Gasteiger partial charge < -0.3 is 15.5 Å². The molecule has 1 unspecified atom stereocenters. The van der Waals surface area contributed by atoms with E-state index in [9.17, 15) is 19.2 Å². The summed E-state index contributed by atoms with van der Waals surface area (Å²) in [7, 11) is 0. The van der Waals surface area contributed by atoms with Gasteiger partial charge in [0.05, 0.1) is 0 Å². The van der Waals surface area contributed by atoms with E-state index in [1.807, 2.05) is 36.1 Å². The number of nitrogens with one attached hydrogen (secondary N) is 3. The Labute approximate surface area is 185 Å². The fourth-order valence-electron chi connectivity index (χ4n) is 3.72. The van der Waals surface area contributed by atoms with E-state index < -0.39 is 24.0 Å². The molecule has 0 radical (unpaired) electrons. The van der Waals surface area contributed by atoms with Gasteiger partial charge >= 0.3 is 11.8 Å². The zero-order chi connectivity index (χ0) is 22.8. The molecule has 0 spiro atoms. The Morgan fingerprint density at radius 3 is 2.12 bits per heavy atom. The van der Waals surface area contributed by atoms with Gasteiger partial charge in [-0.1, -0.05) is 17.7 Å². The predicted octanol–water partition coefficient (Wildman–Crippen LogP) is 0.871. The number of anilines is 3. The van der Waals surface area contributed by atoms with Crippen molar-refractivity contribution < 1.29 is 19.2 Å². The van der Waals surface area contributed by atoms with Crippen molar-refractivity contribution in [1.82, 2.24) is 15.3 Å². The van der Waals surface area contributed by atoms with E-state index in [4.69, 9.17) is 0 Å². The number of fused-ring (bicyclic) bond motifs is 1. The first-order chi connectivity index (χ1) is 15.3. The molecule has 10 heteroatoms. The van der Waals surface area contributed by atoms with Crippen LogP contribution >= 0.6 is 0 Å². The highest BCUT2D eigenvalue weighted by Gasteiger charge is 2.45. The van der Waals surface area contributed by atoms with Crippen LogP contribution in [0, 0.1) is 6.92 Å². The lowest BCUT2D eigenvalue weighted by molar-refractivity contribution is -0.163. The van der Waals surface area contributed by atoms with Crippen LogP contribution in [-0.4, -0.2) is 59.5 Å². The molecule has 166 valence electrons. The van der Waals surface area contributed by atoms with Crippen molar-refractivity contribution in [2.75, 3.05) is 35.2 Å². The number of hydrazine groups is 1. The van der Waals surface area contributed by atoms with Crippen molar-refractivity contribution in [1.29, 1.82) is 0 Å². The highest BCUT2D eigenvalue weighted by atomic mass is 16.2. The molecule has 10 nitrogen and oxygen atoms in total. The number of rotatable bonds is 5. The minimum absolute atomic E-state index is 0.193. The van der Waals surface area contributed by atoms with Gasteiger partial charge in [0.15, 0.2) is 6.29 Å². The van der Waals surface area contributed by atoms with Gasteiger partial charge in [-0.05, 0) is 43.3 Å². The van der Waals surface area contributed by atoms with Gasteiger partial charge in [-0.25, -0.2) is 0 Å². The topological polar surface area (TPSA) is 114 Å². The minimum atomic E-state index is -0.775. The predicted molar refractivity (Wildman–Crippen MR) is 118 cm³/mol. The van der Waals surface area contributed by atoms with Crippen molar-refractivity contribution in [3.8, 4) is 0 Å². The summed E-state index contributed by atoms with van der Waals surface area (Å²) < 4.78 is 0. The third-order valence-electron chi connectivity index (χ3n) is 5.29. The lowest BCUT2D eigenvalue weighted by Gasteiger charge is -2.40. The summed E-state index contributed by atoms with van der Waals surface area (Å²) in [5, 5.41) is 6.38. The summed E-state index contributed by atoms with van der Waals surface area (Å²) in [6.45, 7) is 4.06. The third-order valence-corrected chi connectivity index (χ3v) is 5.29. The Morgan fingerprint density at radius 1 is 0.906 bits per heavy atom. The molecule has 1 atom stereocenters. The van der Waals surface area contributed by atoms with Crippen LogP contribution in [0.3, 0.4) is 0 Å². The molecule has 2 heterocycles. The number of aryl methyl sites for hydroxylation is 1. The number of nitrogens with zero attached hydrogens (tertiary/aromatic N) is 3. The van der Waals surface area contributed by atoms with Crippen LogP contribution < -0.4 is 21.0 Å². The fourth-order valence-corrected chi connectivity index (χ4v) is 3.72. The Bertz CT molecular complexity index is 1050. The molecule has 4 amide bonds. The van der Waals surface area contributed by atoms with E-state index in [0.29, 0.717) is 24.5 Å². The van der Waals surface area contributed by atoms with Crippen molar-refractivity contribution in [2.24, 2.45) is 0 Å². The van der Waals surface area contributed by atoms with E-state index in [1.54, 1.807) is 24.3 Å². The van der Waals surface area contributed by atoms with Crippen LogP contribution in [0.5, 0.6) is 0 Å². The van der Waals surface area contributed by atoms with Crippen LogP contribution in [0.2, 0.25) is 0 Å². The monoisotopic (exact) mass is 436 g/mol. The average molecular weight is 436 g/mol. The second-order valence-electron chi connectivity index (χ2n) is 7.73. The second-order valence-corrected chi connectivity index (χ2v) is 7.73. The molecule has 0 aliphatic carbocycles. The van der Waals surface area contributed by atoms with E-state index in [2.05, 4.69) is 16.1 Å². The first-order valence-corrected chi connectivity index (χ1v) is 10.2. The van der Waals surface area contributed by atoms with E-state index in [0.717, 1.165) is 16.3 Å². The summed E-state index contributed by atoms with van der Waals surface area (Å²) in [6.07, 6.45) is -0.548. The lowest BCUT2D eigenvalue weighted by atomic mass is 10.2. The maximum Gasteiger partial charge on any atom is 0.326 e. The summed E-state index contributed by atoms with van der Waals surface area (Å²) in [5.74, 6) is -2.07. The molecule has 4 rings (SSSR count). The maximum atomic E-state index is 12.6. The van der Waals surface area contributed by atoms with Gasteiger partial charge in [-0.15, -0.1) is 0 Å². The summed E-state index contributed by atoms with van der Waals surface area (Å²) in [5.41, 5.74) is 6.16. The first-order valence-electron chi connectivity index (χ1n) is 10.2. The van der Waals surface area contributed by atoms with Crippen molar-refractivity contribution in [3.05, 3.63) is 54.1 Å². The molecule has 0 bridgehead atoms. The number of amides is 4. The summed E-state index contributed by atoms with van der Waals surface area (Å²) >= 11 is 0. The van der Waals surface area contributed by atoms with Crippen LogP contribution in [-0.2, 0) is 19.2 Å². The van der Waals surface area contributed by atoms with Crippen LogP contribution in [0.4, 0.5) is 17.1 Å². The molecule has 2 saturated heterocycles. The molecule has 3 N–H and O–H groups in total. The fraction of sp³-hybridized carbons (Fsp3) is 0.273. The Balaban J connectivity index is 1.42. The lowest BCUT2D eigenvalue weighted by Crippen LogP contribution is -2.68. The van der Waals surface area contributed by atoms with Crippen molar-refractivity contribution in [2.45, 2.75) is 20.1 Å². The zero-order valence-electron chi connectivity index (χ0n) is 17.8. The molecule has 2 aliphatic heterocycles. The number of benzene rings is 2. The van der Waals surface area contributed by atoms with Crippen LogP contribution in [0.1, 0.15) is 12.5 Å². The molecular formula is C22H24N6O4. The molecule has 2 fully saturated rings. The van der Waals surface area contributed by atoms with Crippen molar-refractivity contribution >= 4 is 40.7 Å². The molecular weight excluding hydrogens is 412 g/mol. The normalized spacial score (nSPS) is 17.9. The Morgan fingerprint density at radius 2 is 1.50 bits per heavy atom. The van der Waals surface area contributed by atoms with Gasteiger partial charge in [0.1, 0.15) is 6.54 Å².